The lowest BCUT2D eigenvalue weighted by atomic mass is 10.0. The van der Waals surface area contributed by atoms with Crippen molar-refractivity contribution in [3.8, 4) is 0 Å². The summed E-state index contributed by atoms with van der Waals surface area (Å²) in [5.74, 6) is -0.192. The van der Waals surface area contributed by atoms with Crippen molar-refractivity contribution in [1.29, 1.82) is 0 Å². The summed E-state index contributed by atoms with van der Waals surface area (Å²) in [6, 6.07) is 0. The maximum Gasteiger partial charge on any atom is 0.303 e. The second-order valence-electron chi connectivity index (χ2n) is 2.51. The van der Waals surface area contributed by atoms with Crippen LogP contribution in [0.25, 0.3) is 0 Å². The number of ketones is 1. The fourth-order valence-corrected chi connectivity index (χ4v) is 0.990. The molecule has 0 saturated carbocycles. The quantitative estimate of drug-likeness (QED) is 0.525. The highest BCUT2D eigenvalue weighted by molar-refractivity contribution is 5.90. The van der Waals surface area contributed by atoms with E-state index in [4.69, 9.17) is 4.74 Å². The summed E-state index contributed by atoms with van der Waals surface area (Å²) in [6.45, 7) is 1.37. The number of rotatable bonds is 1. The van der Waals surface area contributed by atoms with Crippen molar-refractivity contribution >= 4 is 11.8 Å². The van der Waals surface area contributed by atoms with Gasteiger partial charge in [0.25, 0.3) is 0 Å². The van der Waals surface area contributed by atoms with Crippen LogP contribution in [0.1, 0.15) is 19.8 Å². The Labute approximate surface area is 65.0 Å². The van der Waals surface area contributed by atoms with Crippen LogP contribution in [0.4, 0.5) is 0 Å². The van der Waals surface area contributed by atoms with Crippen molar-refractivity contribution in [2.45, 2.75) is 25.9 Å². The number of ether oxygens (including phenoxy) is 1. The van der Waals surface area contributed by atoms with E-state index in [9.17, 15) is 9.59 Å². The predicted molar refractivity (Wildman–Crippen MR) is 38.9 cm³/mol. The molecule has 0 N–H and O–H groups in total. The van der Waals surface area contributed by atoms with Crippen LogP contribution in [-0.4, -0.2) is 17.9 Å². The Morgan fingerprint density at radius 3 is 2.91 bits per heavy atom. The summed E-state index contributed by atoms with van der Waals surface area (Å²) >= 11 is 0. The summed E-state index contributed by atoms with van der Waals surface area (Å²) in [5.41, 5.74) is 0. The van der Waals surface area contributed by atoms with E-state index in [2.05, 4.69) is 0 Å². The lowest BCUT2D eigenvalue weighted by Crippen LogP contribution is -2.18. The molecule has 1 aliphatic carbocycles. The van der Waals surface area contributed by atoms with Crippen LogP contribution >= 0.6 is 0 Å². The van der Waals surface area contributed by atoms with E-state index in [-0.39, 0.29) is 17.9 Å². The van der Waals surface area contributed by atoms with Gasteiger partial charge in [-0.2, -0.15) is 0 Å². The summed E-state index contributed by atoms with van der Waals surface area (Å²) in [5, 5.41) is 0. The zero-order valence-corrected chi connectivity index (χ0v) is 6.37. The first kappa shape index (κ1) is 7.98. The summed E-state index contributed by atoms with van der Waals surface area (Å²) < 4.78 is 4.86. The standard InChI is InChI=1S/C8H10O3/c1-6(9)11-8-4-2-7(10)3-5-8/h2,4,8H,3,5H2,1H3. The van der Waals surface area contributed by atoms with Crippen LogP contribution in [0.15, 0.2) is 12.2 Å². The van der Waals surface area contributed by atoms with E-state index in [1.54, 1.807) is 6.08 Å². The number of hydrogen-bond acceptors (Lipinski definition) is 3. The lowest BCUT2D eigenvalue weighted by Gasteiger charge is -2.14. The van der Waals surface area contributed by atoms with Gasteiger partial charge < -0.3 is 4.74 Å². The summed E-state index contributed by atoms with van der Waals surface area (Å²) in [6.07, 6.45) is 4.01. The molecule has 3 nitrogen and oxygen atoms in total. The first-order chi connectivity index (χ1) is 5.18. The van der Waals surface area contributed by atoms with E-state index >= 15 is 0 Å². The van der Waals surface area contributed by atoms with Crippen molar-refractivity contribution in [3.63, 3.8) is 0 Å². The number of carbonyl (C=O) groups is 2. The summed E-state index contributed by atoms with van der Waals surface area (Å²) in [7, 11) is 0. The van der Waals surface area contributed by atoms with Gasteiger partial charge in [0.15, 0.2) is 5.78 Å². The Balaban J connectivity index is 2.44. The van der Waals surface area contributed by atoms with Gasteiger partial charge >= 0.3 is 5.97 Å². The fraction of sp³-hybridized carbons (Fsp3) is 0.500. The van der Waals surface area contributed by atoms with Gasteiger partial charge in [0, 0.05) is 13.3 Å². The normalized spacial score (nSPS) is 23.4. The van der Waals surface area contributed by atoms with E-state index < -0.39 is 0 Å². The highest BCUT2D eigenvalue weighted by atomic mass is 16.5. The average molecular weight is 154 g/mol. The third kappa shape index (κ3) is 2.53. The predicted octanol–water partition coefficient (Wildman–Crippen LogP) is 0.837. The third-order valence-electron chi connectivity index (χ3n) is 1.49. The molecule has 0 aromatic heterocycles. The zero-order chi connectivity index (χ0) is 8.27. The smallest absolute Gasteiger partial charge is 0.303 e. The van der Waals surface area contributed by atoms with Gasteiger partial charge in [-0.05, 0) is 18.6 Å². The topological polar surface area (TPSA) is 43.4 Å². The molecule has 0 bridgehead atoms. The molecule has 1 rings (SSSR count). The fourth-order valence-electron chi connectivity index (χ4n) is 0.990. The second-order valence-corrected chi connectivity index (χ2v) is 2.51. The van der Waals surface area contributed by atoms with Crippen molar-refractivity contribution in [2.75, 3.05) is 0 Å². The number of esters is 1. The largest absolute Gasteiger partial charge is 0.458 e. The zero-order valence-electron chi connectivity index (χ0n) is 6.37. The minimum absolute atomic E-state index is 0.105. The van der Waals surface area contributed by atoms with Gasteiger partial charge in [0.1, 0.15) is 6.10 Å². The molecule has 0 aromatic rings. The van der Waals surface area contributed by atoms with Crippen LogP contribution in [0.3, 0.4) is 0 Å². The Kier molecular flexibility index (Phi) is 2.41. The molecule has 1 aliphatic rings. The van der Waals surface area contributed by atoms with Gasteiger partial charge in [-0.1, -0.05) is 0 Å². The molecule has 1 unspecified atom stereocenters. The molecule has 3 heteroatoms. The maximum absolute atomic E-state index is 10.7. The van der Waals surface area contributed by atoms with Crippen molar-refractivity contribution in [3.05, 3.63) is 12.2 Å². The first-order valence-electron chi connectivity index (χ1n) is 3.57. The molecule has 0 heterocycles. The van der Waals surface area contributed by atoms with E-state index in [1.807, 2.05) is 0 Å². The van der Waals surface area contributed by atoms with Gasteiger partial charge in [0.2, 0.25) is 0 Å². The molecular formula is C8H10O3. The van der Waals surface area contributed by atoms with Crippen LogP contribution in [0.5, 0.6) is 0 Å². The van der Waals surface area contributed by atoms with Crippen molar-refractivity contribution in [1.82, 2.24) is 0 Å². The monoisotopic (exact) mass is 154 g/mol. The SMILES string of the molecule is CC(=O)OC1C=CC(=O)CC1. The Hall–Kier alpha value is -1.12. The molecule has 0 aromatic carbocycles. The van der Waals surface area contributed by atoms with Crippen molar-refractivity contribution in [2.24, 2.45) is 0 Å². The molecular weight excluding hydrogens is 144 g/mol. The Bertz CT molecular complexity index is 205. The average Bonchev–Trinajstić information content (AvgIpc) is 1.93. The second kappa shape index (κ2) is 3.32. The number of hydrogen-bond donors (Lipinski definition) is 0. The maximum atomic E-state index is 10.7. The van der Waals surface area contributed by atoms with E-state index in [1.165, 1.54) is 13.0 Å². The molecule has 0 saturated heterocycles. The number of allylic oxidation sites excluding steroid dienone is 1. The minimum Gasteiger partial charge on any atom is -0.458 e. The van der Waals surface area contributed by atoms with E-state index in [0.29, 0.717) is 12.8 Å². The Morgan fingerprint density at radius 1 is 1.73 bits per heavy atom. The highest BCUT2D eigenvalue weighted by Crippen LogP contribution is 2.10. The molecule has 0 amide bonds. The van der Waals surface area contributed by atoms with Gasteiger partial charge in [-0.3, -0.25) is 9.59 Å². The van der Waals surface area contributed by atoms with Crippen LogP contribution in [-0.2, 0) is 14.3 Å². The van der Waals surface area contributed by atoms with Gasteiger partial charge in [-0.25, -0.2) is 0 Å². The number of carbonyl (C=O) groups excluding carboxylic acids is 2. The van der Waals surface area contributed by atoms with Gasteiger partial charge in [0.05, 0.1) is 0 Å². The van der Waals surface area contributed by atoms with Gasteiger partial charge in [-0.15, -0.1) is 0 Å². The molecule has 0 aliphatic heterocycles. The van der Waals surface area contributed by atoms with Crippen molar-refractivity contribution < 1.29 is 14.3 Å². The molecule has 60 valence electrons. The first-order valence-corrected chi connectivity index (χ1v) is 3.57. The molecule has 0 spiro atoms. The lowest BCUT2D eigenvalue weighted by molar-refractivity contribution is -0.145. The molecule has 11 heavy (non-hydrogen) atoms. The molecule has 0 radical (unpaired) electrons. The molecule has 1 atom stereocenters. The highest BCUT2D eigenvalue weighted by Gasteiger charge is 2.14. The third-order valence-corrected chi connectivity index (χ3v) is 1.49. The molecule has 0 fully saturated rings. The minimum atomic E-state index is -0.297. The summed E-state index contributed by atoms with van der Waals surface area (Å²) in [4.78, 5) is 21.1. The Morgan fingerprint density at radius 2 is 2.45 bits per heavy atom. The van der Waals surface area contributed by atoms with Crippen LogP contribution in [0, 0.1) is 0 Å². The van der Waals surface area contributed by atoms with E-state index in [0.717, 1.165) is 0 Å². The van der Waals surface area contributed by atoms with Crippen LogP contribution in [0.2, 0.25) is 0 Å². The van der Waals surface area contributed by atoms with Crippen LogP contribution < -0.4 is 0 Å².